The first-order valence-corrected chi connectivity index (χ1v) is 6.30. The van der Waals surface area contributed by atoms with Crippen molar-refractivity contribution in [2.75, 3.05) is 13.1 Å². The minimum Gasteiger partial charge on any atom is -0.465 e. The van der Waals surface area contributed by atoms with Crippen LogP contribution in [-0.2, 0) is 11.7 Å². The molecule has 1 aliphatic rings. The molecule has 4 nitrogen and oxygen atoms in total. The fourth-order valence-corrected chi connectivity index (χ4v) is 2.49. The number of halogens is 4. The molecule has 3 N–H and O–H groups in total. The molecule has 1 fully saturated rings. The number of alkyl halides is 3. The minimum absolute atomic E-state index is 0.00800. The van der Waals surface area contributed by atoms with Gasteiger partial charge in [-0.2, -0.15) is 13.2 Å². The van der Waals surface area contributed by atoms with Crippen molar-refractivity contribution in [2.24, 2.45) is 5.73 Å². The Morgan fingerprint density at radius 1 is 1.38 bits per heavy atom. The summed E-state index contributed by atoms with van der Waals surface area (Å²) in [5.41, 5.74) is 3.08. The number of carbonyl (C=O) groups is 1. The minimum atomic E-state index is -4.82. The van der Waals surface area contributed by atoms with E-state index in [1.807, 2.05) is 0 Å². The molecule has 1 aliphatic carbocycles. The lowest BCUT2D eigenvalue weighted by Gasteiger charge is -2.30. The molecule has 1 aromatic rings. The van der Waals surface area contributed by atoms with Gasteiger partial charge in [0.2, 0.25) is 0 Å². The first-order chi connectivity index (χ1) is 9.72. The SMILES string of the molecule is NCCN(C(=O)O)C1(c2ccc(F)c(C(F)(F)F)c2)CC1. The summed E-state index contributed by atoms with van der Waals surface area (Å²) in [4.78, 5) is 12.3. The zero-order chi connectivity index (χ0) is 15.8. The number of hydrogen-bond donors (Lipinski definition) is 2. The van der Waals surface area contributed by atoms with Crippen LogP contribution >= 0.6 is 0 Å². The predicted octanol–water partition coefficient (Wildman–Crippen LogP) is 2.77. The first kappa shape index (κ1) is 15.6. The maximum absolute atomic E-state index is 13.3. The topological polar surface area (TPSA) is 66.6 Å². The molecule has 1 amide bonds. The highest BCUT2D eigenvalue weighted by Gasteiger charge is 2.52. The van der Waals surface area contributed by atoms with Gasteiger partial charge in [-0.3, -0.25) is 4.90 Å². The van der Waals surface area contributed by atoms with Crippen molar-refractivity contribution in [3.8, 4) is 0 Å². The van der Waals surface area contributed by atoms with E-state index in [-0.39, 0.29) is 18.7 Å². The van der Waals surface area contributed by atoms with Crippen LogP contribution in [0.2, 0.25) is 0 Å². The van der Waals surface area contributed by atoms with Crippen molar-refractivity contribution < 1.29 is 27.5 Å². The molecule has 2 rings (SSSR count). The third kappa shape index (κ3) is 2.80. The van der Waals surface area contributed by atoms with Gasteiger partial charge in [-0.1, -0.05) is 6.07 Å². The number of benzene rings is 1. The molecule has 0 atom stereocenters. The van der Waals surface area contributed by atoms with Gasteiger partial charge < -0.3 is 10.8 Å². The molecule has 0 bridgehead atoms. The molecule has 1 saturated carbocycles. The summed E-state index contributed by atoms with van der Waals surface area (Å²) in [6, 6.07) is 2.61. The Morgan fingerprint density at radius 3 is 2.43 bits per heavy atom. The van der Waals surface area contributed by atoms with Gasteiger partial charge in [-0.15, -0.1) is 0 Å². The van der Waals surface area contributed by atoms with E-state index in [1.165, 1.54) is 6.07 Å². The molecule has 21 heavy (non-hydrogen) atoms. The second-order valence-electron chi connectivity index (χ2n) is 4.95. The smallest absolute Gasteiger partial charge is 0.419 e. The molecular weight excluding hydrogens is 292 g/mol. The quantitative estimate of drug-likeness (QED) is 0.841. The summed E-state index contributed by atoms with van der Waals surface area (Å²) < 4.78 is 51.6. The second kappa shape index (κ2) is 5.18. The predicted molar refractivity (Wildman–Crippen MR) is 66.1 cm³/mol. The fraction of sp³-hybridized carbons (Fsp3) is 0.462. The Hall–Kier alpha value is -1.83. The fourth-order valence-electron chi connectivity index (χ4n) is 2.49. The Kier molecular flexibility index (Phi) is 3.83. The lowest BCUT2D eigenvalue weighted by atomic mass is 9.99. The van der Waals surface area contributed by atoms with Crippen molar-refractivity contribution in [1.29, 1.82) is 0 Å². The monoisotopic (exact) mass is 306 g/mol. The summed E-state index contributed by atoms with van der Waals surface area (Å²) in [7, 11) is 0. The second-order valence-corrected chi connectivity index (χ2v) is 4.95. The maximum Gasteiger partial charge on any atom is 0.419 e. The molecule has 0 heterocycles. The van der Waals surface area contributed by atoms with Crippen LogP contribution in [0.15, 0.2) is 18.2 Å². The first-order valence-electron chi connectivity index (χ1n) is 6.30. The van der Waals surface area contributed by atoms with Crippen LogP contribution in [0.5, 0.6) is 0 Å². The van der Waals surface area contributed by atoms with Crippen LogP contribution in [0, 0.1) is 5.82 Å². The van der Waals surface area contributed by atoms with Crippen LogP contribution in [0.1, 0.15) is 24.0 Å². The van der Waals surface area contributed by atoms with Gasteiger partial charge in [0, 0.05) is 13.1 Å². The van der Waals surface area contributed by atoms with E-state index >= 15 is 0 Å². The summed E-state index contributed by atoms with van der Waals surface area (Å²) in [6.07, 6.45) is -5.29. The van der Waals surface area contributed by atoms with Crippen LogP contribution in [0.3, 0.4) is 0 Å². The number of hydrogen-bond acceptors (Lipinski definition) is 2. The lowest BCUT2D eigenvalue weighted by Crippen LogP contribution is -2.42. The highest BCUT2D eigenvalue weighted by Crippen LogP contribution is 2.51. The Morgan fingerprint density at radius 2 is 2.00 bits per heavy atom. The maximum atomic E-state index is 13.3. The normalized spacial score (nSPS) is 16.6. The molecule has 0 aliphatic heterocycles. The zero-order valence-electron chi connectivity index (χ0n) is 11.0. The summed E-state index contributed by atoms with van der Waals surface area (Å²) in [5.74, 6) is -1.37. The average Bonchev–Trinajstić information content (AvgIpc) is 3.16. The van der Waals surface area contributed by atoms with Gasteiger partial charge in [-0.05, 0) is 30.5 Å². The number of rotatable bonds is 4. The molecular formula is C13H14F4N2O2. The zero-order valence-corrected chi connectivity index (χ0v) is 11.0. The van der Waals surface area contributed by atoms with E-state index in [1.54, 1.807) is 0 Å². The van der Waals surface area contributed by atoms with Crippen molar-refractivity contribution in [3.63, 3.8) is 0 Å². The lowest BCUT2D eigenvalue weighted by molar-refractivity contribution is -0.140. The van der Waals surface area contributed by atoms with E-state index in [2.05, 4.69) is 0 Å². The average molecular weight is 306 g/mol. The third-order valence-electron chi connectivity index (χ3n) is 3.63. The molecule has 0 unspecified atom stereocenters. The van der Waals surface area contributed by atoms with Crippen molar-refractivity contribution in [3.05, 3.63) is 35.1 Å². The van der Waals surface area contributed by atoms with Crippen LogP contribution in [0.25, 0.3) is 0 Å². The molecule has 8 heteroatoms. The Bertz CT molecular complexity index is 556. The van der Waals surface area contributed by atoms with Crippen molar-refractivity contribution in [1.82, 2.24) is 4.90 Å². The number of nitrogens with two attached hydrogens (primary N) is 1. The molecule has 1 aromatic carbocycles. The summed E-state index contributed by atoms with van der Waals surface area (Å²) in [5, 5.41) is 9.20. The van der Waals surface area contributed by atoms with Gasteiger partial charge in [0.05, 0.1) is 11.1 Å². The highest BCUT2D eigenvalue weighted by atomic mass is 19.4. The standard InChI is InChI=1S/C13H14F4N2O2/c14-10-2-1-8(7-9(10)13(15,16)17)12(3-4-12)19(6-5-18)11(20)21/h1-2,7H,3-6,18H2,(H,20,21). The van der Waals surface area contributed by atoms with E-state index in [4.69, 9.17) is 5.73 Å². The molecule has 0 spiro atoms. The molecule has 116 valence electrons. The number of amides is 1. The van der Waals surface area contributed by atoms with Gasteiger partial charge in [0.25, 0.3) is 0 Å². The largest absolute Gasteiger partial charge is 0.465 e. The third-order valence-corrected chi connectivity index (χ3v) is 3.63. The van der Waals surface area contributed by atoms with E-state index in [9.17, 15) is 27.5 Å². The summed E-state index contributed by atoms with van der Waals surface area (Å²) in [6.45, 7) is 0.0649. The highest BCUT2D eigenvalue weighted by molar-refractivity contribution is 5.67. The van der Waals surface area contributed by atoms with Crippen LogP contribution < -0.4 is 5.73 Å². The molecule has 0 saturated heterocycles. The molecule has 0 aromatic heterocycles. The molecule has 0 radical (unpaired) electrons. The summed E-state index contributed by atoms with van der Waals surface area (Å²) >= 11 is 0. The van der Waals surface area contributed by atoms with Gasteiger partial charge >= 0.3 is 12.3 Å². The van der Waals surface area contributed by atoms with Crippen molar-refractivity contribution in [2.45, 2.75) is 24.6 Å². The Labute approximate surface area is 118 Å². The van der Waals surface area contributed by atoms with Gasteiger partial charge in [0.1, 0.15) is 5.82 Å². The van der Waals surface area contributed by atoms with Gasteiger partial charge in [-0.25, -0.2) is 9.18 Å². The Balaban J connectivity index is 2.44. The van der Waals surface area contributed by atoms with Crippen LogP contribution in [0.4, 0.5) is 22.4 Å². The van der Waals surface area contributed by atoms with Crippen LogP contribution in [-0.4, -0.2) is 29.2 Å². The van der Waals surface area contributed by atoms with Gasteiger partial charge in [0.15, 0.2) is 0 Å². The van der Waals surface area contributed by atoms with E-state index in [0.29, 0.717) is 18.9 Å². The van der Waals surface area contributed by atoms with Crippen molar-refractivity contribution >= 4 is 6.09 Å². The number of nitrogens with zero attached hydrogens (tertiary/aromatic N) is 1. The number of carboxylic acid groups (broad SMARTS) is 1. The van der Waals surface area contributed by atoms with E-state index < -0.39 is 29.2 Å². The van der Waals surface area contributed by atoms with E-state index in [0.717, 1.165) is 11.0 Å².